The van der Waals surface area contributed by atoms with Gasteiger partial charge in [0.05, 0.1) is 0 Å². The van der Waals surface area contributed by atoms with Crippen LogP contribution in [0, 0.1) is 20.9 Å². The van der Waals surface area contributed by atoms with Crippen LogP contribution in [-0.2, 0) is 17.1 Å². The number of hydrogen-bond acceptors (Lipinski definition) is 0. The van der Waals surface area contributed by atoms with E-state index < -0.39 is 0 Å². The van der Waals surface area contributed by atoms with E-state index in [1.165, 1.54) is 0 Å². The molecule has 1 rings (SSSR count). The van der Waals surface area contributed by atoms with E-state index in [-0.39, 0.29) is 31.9 Å². The molecule has 0 amide bonds. The van der Waals surface area contributed by atoms with Gasteiger partial charge in [-0.15, -0.1) is 6.42 Å². The molecule has 1 heteroatoms. The van der Waals surface area contributed by atoms with E-state index in [1.807, 2.05) is 12.2 Å². The Kier molecular flexibility index (Phi) is 19.8. The summed E-state index contributed by atoms with van der Waals surface area (Å²) in [6, 6.07) is 0. The van der Waals surface area contributed by atoms with Crippen LogP contribution in [0.5, 0.6) is 0 Å². The summed E-state index contributed by atoms with van der Waals surface area (Å²) in [6.07, 6.45) is 10.0. The van der Waals surface area contributed by atoms with E-state index in [0.717, 1.165) is 6.42 Å². The summed E-state index contributed by atoms with van der Waals surface area (Å²) in [4.78, 5) is 0. The third kappa shape index (κ3) is 6.00. The molecule has 1 radical (unpaired) electrons. The van der Waals surface area contributed by atoms with Gasteiger partial charge in [-0.3, -0.25) is 6.08 Å². The molecule has 0 fully saturated rings. The summed E-state index contributed by atoms with van der Waals surface area (Å²) in [5.74, 6) is 0. The smallest absolute Gasteiger partial charge is 0.358 e. The van der Waals surface area contributed by atoms with Gasteiger partial charge < -0.3 is 14.9 Å². The minimum absolute atomic E-state index is 0. The molecular formula is C7H11Fe. The van der Waals surface area contributed by atoms with Crippen molar-refractivity contribution in [1.82, 2.24) is 0 Å². The van der Waals surface area contributed by atoms with Crippen molar-refractivity contribution < 1.29 is 17.1 Å². The zero-order valence-electron chi connectivity index (χ0n) is 5.29. The minimum Gasteiger partial charge on any atom is -0.358 e. The Bertz CT molecular complexity index is 62.5. The van der Waals surface area contributed by atoms with Crippen molar-refractivity contribution in [1.29, 1.82) is 0 Å². The Morgan fingerprint density at radius 1 is 1.25 bits per heavy atom. The van der Waals surface area contributed by atoms with Crippen LogP contribution in [-0.4, -0.2) is 0 Å². The SMILES string of the molecule is [C-]1=CC=CC1.[CH3-].[CH3-].[Fe+3]. The topological polar surface area (TPSA) is 0 Å². The summed E-state index contributed by atoms with van der Waals surface area (Å²) in [6.45, 7) is 0. The van der Waals surface area contributed by atoms with Crippen LogP contribution < -0.4 is 0 Å². The van der Waals surface area contributed by atoms with Crippen molar-refractivity contribution >= 4 is 0 Å². The Hall–Kier alpha value is -0.000519. The van der Waals surface area contributed by atoms with Gasteiger partial charge in [0.2, 0.25) is 0 Å². The van der Waals surface area contributed by atoms with Gasteiger partial charge in [0, 0.05) is 0 Å². The van der Waals surface area contributed by atoms with Gasteiger partial charge in [-0.25, -0.2) is 12.2 Å². The molecule has 0 unspecified atom stereocenters. The first-order chi connectivity index (χ1) is 2.50. The summed E-state index contributed by atoms with van der Waals surface area (Å²) in [5.41, 5.74) is 0. The van der Waals surface area contributed by atoms with Gasteiger partial charge in [-0.2, -0.15) is 6.08 Å². The summed E-state index contributed by atoms with van der Waals surface area (Å²) in [5, 5.41) is 0. The van der Waals surface area contributed by atoms with E-state index >= 15 is 0 Å². The van der Waals surface area contributed by atoms with Crippen molar-refractivity contribution in [2.75, 3.05) is 0 Å². The van der Waals surface area contributed by atoms with Gasteiger partial charge >= 0.3 is 17.1 Å². The molecule has 0 aromatic carbocycles. The summed E-state index contributed by atoms with van der Waals surface area (Å²) >= 11 is 0. The van der Waals surface area contributed by atoms with Crippen LogP contribution in [0.1, 0.15) is 6.42 Å². The van der Waals surface area contributed by atoms with Crippen LogP contribution in [0.25, 0.3) is 0 Å². The number of rotatable bonds is 0. The molecule has 47 valence electrons. The maximum atomic E-state index is 2.99. The largest absolute Gasteiger partial charge is 3.00 e. The van der Waals surface area contributed by atoms with Crippen molar-refractivity contribution in [2.45, 2.75) is 6.42 Å². The zero-order valence-corrected chi connectivity index (χ0v) is 6.40. The zero-order chi connectivity index (χ0) is 3.54. The predicted molar refractivity (Wildman–Crippen MR) is 34.4 cm³/mol. The van der Waals surface area contributed by atoms with Crippen LogP contribution in [0.4, 0.5) is 0 Å². The first-order valence-corrected chi connectivity index (χ1v) is 1.72. The second kappa shape index (κ2) is 10.1. The van der Waals surface area contributed by atoms with Crippen LogP contribution in [0.15, 0.2) is 18.2 Å². The average molecular weight is 151 g/mol. The van der Waals surface area contributed by atoms with Gasteiger partial charge in [-0.05, 0) is 0 Å². The van der Waals surface area contributed by atoms with Gasteiger partial charge in [0.15, 0.2) is 0 Å². The molecule has 0 atom stereocenters. The second-order valence-electron chi connectivity index (χ2n) is 1.00. The second-order valence-corrected chi connectivity index (χ2v) is 1.00. The number of allylic oxidation sites excluding steroid dienone is 4. The molecule has 0 nitrogen and oxygen atoms in total. The Balaban J connectivity index is -0.0000000833. The third-order valence-corrected chi connectivity index (χ3v) is 0.586. The van der Waals surface area contributed by atoms with E-state index in [4.69, 9.17) is 0 Å². The molecule has 0 bridgehead atoms. The fourth-order valence-corrected chi connectivity index (χ4v) is 0.340. The van der Waals surface area contributed by atoms with E-state index in [9.17, 15) is 0 Å². The molecule has 0 N–H and O–H groups in total. The van der Waals surface area contributed by atoms with Crippen LogP contribution in [0.3, 0.4) is 0 Å². The van der Waals surface area contributed by atoms with Gasteiger partial charge in [0.25, 0.3) is 0 Å². The fourth-order valence-electron chi connectivity index (χ4n) is 0.340. The molecule has 0 aliphatic heterocycles. The fraction of sp³-hybridized carbons (Fsp3) is 0.143. The Morgan fingerprint density at radius 3 is 2.00 bits per heavy atom. The summed E-state index contributed by atoms with van der Waals surface area (Å²) < 4.78 is 0. The molecule has 1 aliphatic carbocycles. The molecule has 0 aromatic rings. The van der Waals surface area contributed by atoms with Crippen LogP contribution in [0.2, 0.25) is 0 Å². The first-order valence-electron chi connectivity index (χ1n) is 1.72. The third-order valence-electron chi connectivity index (χ3n) is 0.586. The van der Waals surface area contributed by atoms with E-state index in [2.05, 4.69) is 12.2 Å². The standard InChI is InChI=1S/C5H5.2CH3.Fe/c1-2-4-5-3-1;;;/h1-3H,4H2;2*1H3;/q3*-1;+3. The molecule has 0 saturated carbocycles. The Labute approximate surface area is 63.2 Å². The predicted octanol–water partition coefficient (Wildman–Crippen LogP) is 2.20. The van der Waals surface area contributed by atoms with Crippen molar-refractivity contribution in [3.63, 3.8) is 0 Å². The number of hydrogen-bond donors (Lipinski definition) is 0. The van der Waals surface area contributed by atoms with Crippen LogP contribution >= 0.6 is 0 Å². The van der Waals surface area contributed by atoms with Gasteiger partial charge in [0.1, 0.15) is 0 Å². The maximum Gasteiger partial charge on any atom is 3.00 e. The molecular weight excluding hydrogens is 140 g/mol. The molecule has 1 aliphatic rings. The minimum atomic E-state index is 0. The van der Waals surface area contributed by atoms with Gasteiger partial charge in [-0.1, -0.05) is 0 Å². The molecule has 0 aromatic heterocycles. The molecule has 8 heavy (non-hydrogen) atoms. The van der Waals surface area contributed by atoms with Crippen molar-refractivity contribution in [3.8, 4) is 0 Å². The molecule has 0 heterocycles. The first kappa shape index (κ1) is 15.7. The maximum absolute atomic E-state index is 2.99. The van der Waals surface area contributed by atoms with E-state index in [0.29, 0.717) is 0 Å². The quantitative estimate of drug-likeness (QED) is 0.367. The van der Waals surface area contributed by atoms with Crippen molar-refractivity contribution in [2.24, 2.45) is 0 Å². The summed E-state index contributed by atoms with van der Waals surface area (Å²) in [7, 11) is 0. The average Bonchev–Trinajstić information content (AvgIpc) is 1.76. The monoisotopic (exact) mass is 151 g/mol. The molecule has 0 saturated heterocycles. The van der Waals surface area contributed by atoms with Crippen molar-refractivity contribution in [3.05, 3.63) is 39.2 Å². The molecule has 0 spiro atoms. The normalized spacial score (nSPS) is 11.0. The Morgan fingerprint density at radius 2 is 1.88 bits per heavy atom. The van der Waals surface area contributed by atoms with E-state index in [1.54, 1.807) is 0 Å².